The maximum atomic E-state index is 13.1. The number of benzene rings is 1. The van der Waals surface area contributed by atoms with Gasteiger partial charge in [-0.3, -0.25) is 14.5 Å². The third kappa shape index (κ3) is 3.75. The second-order valence-corrected chi connectivity index (χ2v) is 8.57. The van der Waals surface area contributed by atoms with Crippen molar-refractivity contribution >= 4 is 28.3 Å². The summed E-state index contributed by atoms with van der Waals surface area (Å²) < 4.78 is 5.95. The molecule has 154 valence electrons. The predicted octanol–water partition coefficient (Wildman–Crippen LogP) is 2.85. The molecule has 1 atom stereocenters. The number of rotatable bonds is 5. The Morgan fingerprint density at radius 1 is 1.23 bits per heavy atom. The van der Waals surface area contributed by atoms with Crippen molar-refractivity contribution in [2.45, 2.75) is 32.2 Å². The molecule has 1 aromatic carbocycles. The van der Waals surface area contributed by atoms with Crippen LogP contribution in [0.1, 0.15) is 29.3 Å². The lowest BCUT2D eigenvalue weighted by Gasteiger charge is -2.27. The SMILES string of the molecule is O=C(C1CC(=O)N(c2nccs2)C1)N1CCc2oc(CCc3ccccc3)nc2C1. The average Bonchev–Trinajstić information content (AvgIpc) is 3.51. The molecular weight excluding hydrogens is 400 g/mol. The van der Waals surface area contributed by atoms with Gasteiger partial charge in [-0.2, -0.15) is 0 Å². The van der Waals surface area contributed by atoms with Crippen LogP contribution in [-0.4, -0.2) is 39.8 Å². The quantitative estimate of drug-likeness (QED) is 0.632. The van der Waals surface area contributed by atoms with Gasteiger partial charge in [0, 0.05) is 43.9 Å². The van der Waals surface area contributed by atoms with Crippen molar-refractivity contribution in [2.75, 3.05) is 18.0 Å². The van der Waals surface area contributed by atoms with Crippen molar-refractivity contribution in [3.63, 3.8) is 0 Å². The molecule has 0 N–H and O–H groups in total. The highest BCUT2D eigenvalue weighted by molar-refractivity contribution is 7.13. The molecule has 7 nitrogen and oxygen atoms in total. The van der Waals surface area contributed by atoms with E-state index in [9.17, 15) is 9.59 Å². The number of carbonyl (C=O) groups excluding carboxylic acids is 2. The van der Waals surface area contributed by atoms with Gasteiger partial charge >= 0.3 is 0 Å². The van der Waals surface area contributed by atoms with E-state index >= 15 is 0 Å². The third-order valence-corrected chi connectivity index (χ3v) is 6.47. The normalized spacial score (nSPS) is 18.7. The lowest BCUT2D eigenvalue weighted by atomic mass is 10.0. The molecule has 30 heavy (non-hydrogen) atoms. The summed E-state index contributed by atoms with van der Waals surface area (Å²) in [6.07, 6.45) is 4.19. The summed E-state index contributed by atoms with van der Waals surface area (Å²) in [5, 5.41) is 2.50. The van der Waals surface area contributed by atoms with Crippen LogP contribution in [0.2, 0.25) is 0 Å². The van der Waals surface area contributed by atoms with E-state index < -0.39 is 0 Å². The fourth-order valence-corrected chi connectivity index (χ4v) is 4.78. The van der Waals surface area contributed by atoms with Crippen molar-refractivity contribution in [2.24, 2.45) is 5.92 Å². The number of fused-ring (bicyclic) bond motifs is 1. The summed E-state index contributed by atoms with van der Waals surface area (Å²) in [5.74, 6) is 1.26. The molecule has 2 aromatic heterocycles. The molecular formula is C22H22N4O3S. The summed E-state index contributed by atoms with van der Waals surface area (Å²) in [4.78, 5) is 37.7. The first-order chi connectivity index (χ1) is 14.7. The van der Waals surface area contributed by atoms with Gasteiger partial charge < -0.3 is 9.32 Å². The number of hydrogen-bond donors (Lipinski definition) is 0. The largest absolute Gasteiger partial charge is 0.445 e. The maximum absolute atomic E-state index is 13.1. The Hall–Kier alpha value is -3.00. The molecule has 0 aliphatic carbocycles. The van der Waals surface area contributed by atoms with E-state index in [2.05, 4.69) is 22.1 Å². The molecule has 5 rings (SSSR count). The van der Waals surface area contributed by atoms with Crippen molar-refractivity contribution in [1.29, 1.82) is 0 Å². The van der Waals surface area contributed by atoms with Gasteiger partial charge in [-0.25, -0.2) is 9.97 Å². The van der Waals surface area contributed by atoms with Crippen molar-refractivity contribution in [1.82, 2.24) is 14.9 Å². The Labute approximate surface area is 178 Å². The molecule has 3 aromatic rings. The number of thiazole rings is 1. The molecule has 1 saturated heterocycles. The molecule has 1 fully saturated rings. The summed E-state index contributed by atoms with van der Waals surface area (Å²) in [6, 6.07) is 10.3. The van der Waals surface area contributed by atoms with Crippen LogP contribution in [0.15, 0.2) is 46.3 Å². The molecule has 0 bridgehead atoms. The Balaban J connectivity index is 1.22. The standard InChI is InChI=1S/C22H22N4O3S/c27-20-12-16(13-26(20)22-23-9-11-30-22)21(28)25-10-8-18-17(14-25)24-19(29-18)7-6-15-4-2-1-3-5-15/h1-5,9,11,16H,6-8,10,12-14H2. The van der Waals surface area contributed by atoms with Gasteiger partial charge in [-0.05, 0) is 12.0 Å². The molecule has 2 aliphatic rings. The summed E-state index contributed by atoms with van der Waals surface area (Å²) in [6.45, 7) is 1.45. The monoisotopic (exact) mass is 422 g/mol. The highest BCUT2D eigenvalue weighted by Crippen LogP contribution is 2.29. The smallest absolute Gasteiger partial charge is 0.229 e. The molecule has 0 spiro atoms. The highest BCUT2D eigenvalue weighted by atomic mass is 32.1. The van der Waals surface area contributed by atoms with E-state index in [0.29, 0.717) is 31.2 Å². The van der Waals surface area contributed by atoms with E-state index in [1.165, 1.54) is 16.9 Å². The van der Waals surface area contributed by atoms with Gasteiger partial charge in [0.05, 0.1) is 12.5 Å². The zero-order valence-electron chi connectivity index (χ0n) is 16.5. The second kappa shape index (κ2) is 8.02. The third-order valence-electron chi connectivity index (χ3n) is 5.68. The van der Waals surface area contributed by atoms with Gasteiger partial charge in [-0.1, -0.05) is 30.3 Å². The number of carbonyl (C=O) groups is 2. The summed E-state index contributed by atoms with van der Waals surface area (Å²) >= 11 is 1.42. The first kappa shape index (κ1) is 19.0. The molecule has 1 unspecified atom stereocenters. The summed E-state index contributed by atoms with van der Waals surface area (Å²) in [7, 11) is 0. The van der Waals surface area contributed by atoms with E-state index in [1.54, 1.807) is 11.1 Å². The Morgan fingerprint density at radius 3 is 2.90 bits per heavy atom. The van der Waals surface area contributed by atoms with Gasteiger partial charge in [0.25, 0.3) is 0 Å². The maximum Gasteiger partial charge on any atom is 0.229 e. The van der Waals surface area contributed by atoms with Gasteiger partial charge in [0.1, 0.15) is 11.5 Å². The number of nitrogens with zero attached hydrogens (tertiary/aromatic N) is 4. The predicted molar refractivity (Wildman–Crippen MR) is 112 cm³/mol. The van der Waals surface area contributed by atoms with Gasteiger partial charge in [0.2, 0.25) is 11.8 Å². The minimum absolute atomic E-state index is 0.0156. The highest BCUT2D eigenvalue weighted by Gasteiger charge is 2.39. The van der Waals surface area contributed by atoms with Crippen LogP contribution in [0.4, 0.5) is 5.13 Å². The molecule has 2 amide bonds. The Morgan fingerprint density at radius 2 is 2.10 bits per heavy atom. The van der Waals surface area contributed by atoms with Crippen LogP contribution in [0, 0.1) is 5.92 Å². The molecule has 0 radical (unpaired) electrons. The molecule has 8 heteroatoms. The Kier molecular flexibility index (Phi) is 5.08. The van der Waals surface area contributed by atoms with E-state index in [-0.39, 0.29) is 24.2 Å². The first-order valence-corrected chi connectivity index (χ1v) is 11.1. The Bertz CT molecular complexity index is 1050. The lowest BCUT2D eigenvalue weighted by molar-refractivity contribution is -0.136. The van der Waals surface area contributed by atoms with E-state index in [1.807, 2.05) is 28.5 Å². The molecule has 2 aliphatic heterocycles. The van der Waals surface area contributed by atoms with Gasteiger partial charge in [0.15, 0.2) is 11.0 Å². The second-order valence-electron chi connectivity index (χ2n) is 7.69. The van der Waals surface area contributed by atoms with Crippen LogP contribution >= 0.6 is 11.3 Å². The lowest BCUT2D eigenvalue weighted by Crippen LogP contribution is -2.40. The van der Waals surface area contributed by atoms with Crippen LogP contribution in [0.25, 0.3) is 0 Å². The number of amides is 2. The minimum Gasteiger partial charge on any atom is -0.445 e. The zero-order chi connectivity index (χ0) is 20.5. The van der Waals surface area contributed by atoms with Crippen LogP contribution in [-0.2, 0) is 35.4 Å². The number of oxazole rings is 1. The number of hydrogen-bond acceptors (Lipinski definition) is 6. The van der Waals surface area contributed by atoms with E-state index in [4.69, 9.17) is 4.42 Å². The first-order valence-electron chi connectivity index (χ1n) is 10.2. The fraction of sp³-hybridized carbons (Fsp3) is 0.364. The summed E-state index contributed by atoms with van der Waals surface area (Å²) in [5.41, 5.74) is 2.10. The average molecular weight is 423 g/mol. The zero-order valence-corrected chi connectivity index (χ0v) is 17.3. The van der Waals surface area contributed by atoms with Crippen LogP contribution < -0.4 is 4.90 Å². The topological polar surface area (TPSA) is 79.5 Å². The number of aromatic nitrogens is 2. The van der Waals surface area contributed by atoms with E-state index in [0.717, 1.165) is 30.2 Å². The van der Waals surface area contributed by atoms with Crippen molar-refractivity contribution in [3.05, 3.63) is 64.8 Å². The van der Waals surface area contributed by atoms with Crippen molar-refractivity contribution < 1.29 is 14.0 Å². The minimum atomic E-state index is -0.326. The van der Waals surface area contributed by atoms with Gasteiger partial charge in [-0.15, -0.1) is 11.3 Å². The molecule has 4 heterocycles. The van der Waals surface area contributed by atoms with Crippen LogP contribution in [0.3, 0.4) is 0 Å². The number of anilines is 1. The molecule has 0 saturated carbocycles. The van der Waals surface area contributed by atoms with Crippen molar-refractivity contribution in [3.8, 4) is 0 Å². The van der Waals surface area contributed by atoms with Crippen LogP contribution in [0.5, 0.6) is 0 Å². The fourth-order valence-electron chi connectivity index (χ4n) is 4.11. The number of aryl methyl sites for hydroxylation is 2.